The number of nitrogens with one attached hydrogen (secondary N) is 1. The molecule has 0 bridgehead atoms. The standard InChI is InChI=1S/C13H22N2S/c1-9-10(8-14-12(2,3)4)16-11(15-9)13(5)6-7-13/h14H,6-8H2,1-5H3. The van der Waals surface area contributed by atoms with Crippen molar-refractivity contribution in [1.29, 1.82) is 0 Å². The molecule has 0 aliphatic heterocycles. The van der Waals surface area contributed by atoms with E-state index in [9.17, 15) is 0 Å². The van der Waals surface area contributed by atoms with E-state index in [1.165, 1.54) is 28.4 Å². The van der Waals surface area contributed by atoms with Crippen molar-refractivity contribution in [3.05, 3.63) is 15.6 Å². The zero-order valence-corrected chi connectivity index (χ0v) is 11.8. The van der Waals surface area contributed by atoms with Gasteiger partial charge in [0.1, 0.15) is 0 Å². The Morgan fingerprint density at radius 3 is 2.50 bits per heavy atom. The van der Waals surface area contributed by atoms with Crippen molar-refractivity contribution < 1.29 is 0 Å². The molecule has 0 saturated heterocycles. The molecule has 1 aliphatic carbocycles. The van der Waals surface area contributed by atoms with Gasteiger partial charge in [-0.25, -0.2) is 4.98 Å². The second-order valence-corrected chi connectivity index (χ2v) is 7.28. The molecule has 1 aromatic heterocycles. The number of nitrogens with zero attached hydrogens (tertiary/aromatic N) is 1. The Morgan fingerprint density at radius 1 is 1.38 bits per heavy atom. The van der Waals surface area contributed by atoms with E-state index in [4.69, 9.17) is 4.98 Å². The third kappa shape index (κ3) is 2.64. The summed E-state index contributed by atoms with van der Waals surface area (Å²) in [5.74, 6) is 0. The van der Waals surface area contributed by atoms with E-state index in [1.807, 2.05) is 11.3 Å². The molecule has 0 radical (unpaired) electrons. The van der Waals surface area contributed by atoms with E-state index < -0.39 is 0 Å². The van der Waals surface area contributed by atoms with Gasteiger partial charge < -0.3 is 5.32 Å². The third-order valence-corrected chi connectivity index (χ3v) is 4.65. The first-order valence-corrected chi connectivity index (χ1v) is 6.84. The first kappa shape index (κ1) is 12.1. The fourth-order valence-electron chi connectivity index (χ4n) is 1.60. The van der Waals surface area contributed by atoms with Crippen LogP contribution in [0.25, 0.3) is 0 Å². The molecule has 1 aliphatic rings. The van der Waals surface area contributed by atoms with Gasteiger partial charge in [0, 0.05) is 22.4 Å². The average molecular weight is 238 g/mol. The summed E-state index contributed by atoms with van der Waals surface area (Å²) in [6.07, 6.45) is 2.62. The van der Waals surface area contributed by atoms with Crippen molar-refractivity contribution in [2.75, 3.05) is 0 Å². The van der Waals surface area contributed by atoms with Crippen LogP contribution in [-0.2, 0) is 12.0 Å². The molecule has 2 nitrogen and oxygen atoms in total. The molecular weight excluding hydrogens is 216 g/mol. The molecule has 3 heteroatoms. The predicted molar refractivity (Wildman–Crippen MR) is 70.0 cm³/mol. The smallest absolute Gasteiger partial charge is 0.0990 e. The van der Waals surface area contributed by atoms with Gasteiger partial charge in [-0.2, -0.15) is 0 Å². The highest BCUT2D eigenvalue weighted by atomic mass is 32.1. The second kappa shape index (κ2) is 3.81. The van der Waals surface area contributed by atoms with Crippen LogP contribution >= 0.6 is 11.3 Å². The van der Waals surface area contributed by atoms with Crippen LogP contribution < -0.4 is 5.32 Å². The van der Waals surface area contributed by atoms with Crippen molar-refractivity contribution in [2.24, 2.45) is 0 Å². The van der Waals surface area contributed by atoms with E-state index in [-0.39, 0.29) is 5.54 Å². The lowest BCUT2D eigenvalue weighted by Crippen LogP contribution is -2.34. The quantitative estimate of drug-likeness (QED) is 0.873. The maximum absolute atomic E-state index is 4.72. The zero-order chi connectivity index (χ0) is 12.0. The van der Waals surface area contributed by atoms with Crippen LogP contribution in [0.2, 0.25) is 0 Å². The highest BCUT2D eigenvalue weighted by Crippen LogP contribution is 2.49. The number of aryl methyl sites for hydroxylation is 1. The summed E-state index contributed by atoms with van der Waals surface area (Å²) in [6.45, 7) is 12.0. The maximum atomic E-state index is 4.72. The topological polar surface area (TPSA) is 24.9 Å². The molecule has 1 fully saturated rings. The summed E-state index contributed by atoms with van der Waals surface area (Å²) in [7, 11) is 0. The first-order chi connectivity index (χ1) is 7.30. The summed E-state index contributed by atoms with van der Waals surface area (Å²) < 4.78 is 0. The summed E-state index contributed by atoms with van der Waals surface area (Å²) >= 11 is 1.90. The molecule has 0 unspecified atom stereocenters. The fraction of sp³-hybridized carbons (Fsp3) is 0.769. The van der Waals surface area contributed by atoms with Crippen molar-refractivity contribution in [3.8, 4) is 0 Å². The molecule has 0 amide bonds. The third-order valence-electron chi connectivity index (χ3n) is 3.19. The molecule has 1 saturated carbocycles. The Bertz CT molecular complexity index is 383. The van der Waals surface area contributed by atoms with Crippen molar-refractivity contribution in [3.63, 3.8) is 0 Å². The second-order valence-electron chi connectivity index (χ2n) is 6.19. The molecule has 0 aromatic carbocycles. The number of aromatic nitrogens is 1. The minimum atomic E-state index is 0.181. The molecule has 0 atom stereocenters. The summed E-state index contributed by atoms with van der Waals surface area (Å²) in [4.78, 5) is 6.12. The molecule has 1 N–H and O–H groups in total. The van der Waals surface area contributed by atoms with Crippen LogP contribution in [0.4, 0.5) is 0 Å². The van der Waals surface area contributed by atoms with Crippen LogP contribution in [-0.4, -0.2) is 10.5 Å². The normalized spacial score (nSPS) is 18.8. The number of hydrogen-bond donors (Lipinski definition) is 1. The molecular formula is C13H22N2S. The van der Waals surface area contributed by atoms with E-state index in [2.05, 4.69) is 39.9 Å². The molecule has 2 rings (SSSR count). The van der Waals surface area contributed by atoms with Gasteiger partial charge in [-0.15, -0.1) is 11.3 Å². The van der Waals surface area contributed by atoms with Gasteiger partial charge in [-0.05, 0) is 40.5 Å². The van der Waals surface area contributed by atoms with E-state index in [0.717, 1.165) is 6.54 Å². The van der Waals surface area contributed by atoms with Gasteiger partial charge in [0.2, 0.25) is 0 Å². The SMILES string of the molecule is Cc1nc(C2(C)CC2)sc1CNC(C)(C)C. The molecule has 16 heavy (non-hydrogen) atoms. The highest BCUT2D eigenvalue weighted by molar-refractivity contribution is 7.12. The monoisotopic (exact) mass is 238 g/mol. The lowest BCUT2D eigenvalue weighted by molar-refractivity contribution is 0.425. The summed E-state index contributed by atoms with van der Waals surface area (Å²) in [5, 5.41) is 4.88. The fourth-order valence-corrected chi connectivity index (χ4v) is 2.80. The van der Waals surface area contributed by atoms with Gasteiger partial charge in [0.25, 0.3) is 0 Å². The lowest BCUT2D eigenvalue weighted by atomic mass is 10.1. The van der Waals surface area contributed by atoms with Crippen LogP contribution in [0, 0.1) is 6.92 Å². The van der Waals surface area contributed by atoms with Crippen LogP contribution in [0.1, 0.15) is 56.1 Å². The number of rotatable bonds is 3. The van der Waals surface area contributed by atoms with Gasteiger partial charge in [0.05, 0.1) is 10.7 Å². The van der Waals surface area contributed by atoms with E-state index in [0.29, 0.717) is 5.41 Å². The maximum Gasteiger partial charge on any atom is 0.0990 e. The Kier molecular flexibility index (Phi) is 2.87. The van der Waals surface area contributed by atoms with Crippen molar-refractivity contribution >= 4 is 11.3 Å². The van der Waals surface area contributed by atoms with Gasteiger partial charge in [-0.1, -0.05) is 6.92 Å². The summed E-state index contributed by atoms with van der Waals surface area (Å²) in [5.41, 5.74) is 1.81. The Balaban J connectivity index is 2.07. The van der Waals surface area contributed by atoms with E-state index in [1.54, 1.807) is 0 Å². The van der Waals surface area contributed by atoms with Crippen LogP contribution in [0.5, 0.6) is 0 Å². The molecule has 0 spiro atoms. The van der Waals surface area contributed by atoms with Gasteiger partial charge in [-0.3, -0.25) is 0 Å². The Morgan fingerprint density at radius 2 is 2.00 bits per heavy atom. The minimum absolute atomic E-state index is 0.181. The average Bonchev–Trinajstić information content (AvgIpc) is 2.76. The van der Waals surface area contributed by atoms with Crippen molar-refractivity contribution in [1.82, 2.24) is 10.3 Å². The first-order valence-electron chi connectivity index (χ1n) is 6.02. The number of thiazole rings is 1. The van der Waals surface area contributed by atoms with Crippen LogP contribution in [0.3, 0.4) is 0 Å². The Labute approximate surface area is 102 Å². The largest absolute Gasteiger partial charge is 0.307 e. The Hall–Kier alpha value is -0.410. The number of hydrogen-bond acceptors (Lipinski definition) is 3. The minimum Gasteiger partial charge on any atom is -0.307 e. The lowest BCUT2D eigenvalue weighted by Gasteiger charge is -2.19. The zero-order valence-electron chi connectivity index (χ0n) is 11.0. The highest BCUT2D eigenvalue weighted by Gasteiger charge is 2.42. The van der Waals surface area contributed by atoms with Crippen molar-refractivity contribution in [2.45, 2.75) is 65.0 Å². The predicted octanol–water partition coefficient (Wildman–Crippen LogP) is 3.39. The van der Waals surface area contributed by atoms with Gasteiger partial charge in [0.15, 0.2) is 0 Å². The molecule has 1 aromatic rings. The summed E-state index contributed by atoms with van der Waals surface area (Å²) in [6, 6.07) is 0. The molecule has 90 valence electrons. The van der Waals surface area contributed by atoms with Gasteiger partial charge >= 0.3 is 0 Å². The van der Waals surface area contributed by atoms with Crippen LogP contribution in [0.15, 0.2) is 0 Å². The van der Waals surface area contributed by atoms with E-state index >= 15 is 0 Å². The molecule has 1 heterocycles.